The molecule has 0 unspecified atom stereocenters. The van der Waals surface area contributed by atoms with Crippen molar-refractivity contribution in [1.82, 2.24) is 25.5 Å². The van der Waals surface area contributed by atoms with Crippen LogP contribution in [0.3, 0.4) is 0 Å². The molecule has 0 aromatic carbocycles. The Balaban J connectivity index is 2.02. The first-order chi connectivity index (χ1) is 8.04. The lowest BCUT2D eigenvalue weighted by Gasteiger charge is -2.19. The van der Waals surface area contributed by atoms with Crippen LogP contribution in [0, 0.1) is 0 Å². The van der Waals surface area contributed by atoms with Crippen LogP contribution in [0.5, 0.6) is 0 Å². The molecule has 0 amide bonds. The first-order valence-corrected chi connectivity index (χ1v) is 6.50. The average Bonchev–Trinajstić information content (AvgIpc) is 2.86. The fraction of sp³-hybridized carbons (Fsp3) is 0.545. The predicted molar refractivity (Wildman–Crippen MR) is 67.8 cm³/mol. The minimum atomic E-state index is 0.0686. The number of nitrogens with one attached hydrogen (secondary N) is 1. The molecule has 2 heterocycles. The van der Waals surface area contributed by atoms with Crippen molar-refractivity contribution in [3.8, 4) is 0 Å². The molecule has 6 heteroatoms. The summed E-state index contributed by atoms with van der Waals surface area (Å²) in [4.78, 5) is 0. The van der Waals surface area contributed by atoms with Crippen molar-refractivity contribution < 1.29 is 0 Å². The minimum Gasteiger partial charge on any atom is -0.305 e. The lowest BCUT2D eigenvalue weighted by atomic mass is 10.1. The van der Waals surface area contributed by atoms with Crippen LogP contribution in [0.2, 0.25) is 0 Å². The van der Waals surface area contributed by atoms with Crippen LogP contribution in [0.25, 0.3) is 0 Å². The van der Waals surface area contributed by atoms with Gasteiger partial charge in [0.25, 0.3) is 0 Å². The Bertz CT molecular complexity index is 454. The van der Waals surface area contributed by atoms with Gasteiger partial charge in [-0.1, -0.05) is 0 Å². The Labute approximate surface area is 105 Å². The van der Waals surface area contributed by atoms with Crippen molar-refractivity contribution in [2.45, 2.75) is 39.4 Å². The van der Waals surface area contributed by atoms with Gasteiger partial charge in [0.15, 0.2) is 5.82 Å². The first kappa shape index (κ1) is 12.2. The molecule has 1 N–H and O–H groups in total. The normalized spacial score (nSPS) is 11.9. The van der Waals surface area contributed by atoms with Gasteiger partial charge in [-0.2, -0.15) is 11.3 Å². The molecule has 0 aliphatic carbocycles. The van der Waals surface area contributed by atoms with Crippen LogP contribution >= 0.6 is 11.3 Å². The van der Waals surface area contributed by atoms with Gasteiger partial charge < -0.3 is 5.32 Å². The van der Waals surface area contributed by atoms with Gasteiger partial charge in [-0.15, -0.1) is 5.10 Å². The standard InChI is InChI=1S/C11H17N5S/c1-11(2,3)12-6-10-13-14-15-16(10)7-9-4-5-17-8-9/h4-5,8,12H,6-7H2,1-3H3. The molecule has 0 radical (unpaired) electrons. The van der Waals surface area contributed by atoms with Crippen molar-refractivity contribution in [3.63, 3.8) is 0 Å². The predicted octanol–water partition coefficient (Wildman–Crippen LogP) is 1.67. The second-order valence-corrected chi connectivity index (χ2v) is 5.77. The number of tetrazole rings is 1. The molecule has 2 rings (SSSR count). The minimum absolute atomic E-state index is 0.0686. The molecule has 2 aromatic rings. The van der Waals surface area contributed by atoms with E-state index in [4.69, 9.17) is 0 Å². The summed E-state index contributed by atoms with van der Waals surface area (Å²) in [6, 6.07) is 2.09. The van der Waals surface area contributed by atoms with E-state index in [0.717, 1.165) is 12.4 Å². The van der Waals surface area contributed by atoms with Crippen molar-refractivity contribution in [2.75, 3.05) is 0 Å². The maximum absolute atomic E-state index is 4.04. The summed E-state index contributed by atoms with van der Waals surface area (Å²) in [5.74, 6) is 0.867. The molecule has 17 heavy (non-hydrogen) atoms. The molecule has 0 fully saturated rings. The summed E-state index contributed by atoms with van der Waals surface area (Å²) < 4.78 is 1.83. The Hall–Kier alpha value is -1.27. The lowest BCUT2D eigenvalue weighted by Crippen LogP contribution is -2.36. The van der Waals surface area contributed by atoms with Gasteiger partial charge in [0.2, 0.25) is 0 Å². The molecule has 92 valence electrons. The van der Waals surface area contributed by atoms with Gasteiger partial charge in [-0.25, -0.2) is 4.68 Å². The SMILES string of the molecule is CC(C)(C)NCc1nnnn1Cc1ccsc1. The third-order valence-electron chi connectivity index (χ3n) is 2.30. The first-order valence-electron chi connectivity index (χ1n) is 5.56. The van der Waals surface area contributed by atoms with E-state index in [2.05, 4.69) is 58.4 Å². The Kier molecular flexibility index (Phi) is 3.54. The molecule has 0 aliphatic rings. The van der Waals surface area contributed by atoms with Crippen molar-refractivity contribution in [3.05, 3.63) is 28.2 Å². The average molecular weight is 251 g/mol. The highest BCUT2D eigenvalue weighted by Crippen LogP contribution is 2.08. The molecule has 2 aromatic heterocycles. The molecule has 0 atom stereocenters. The smallest absolute Gasteiger partial charge is 0.165 e. The molecule has 0 saturated carbocycles. The van der Waals surface area contributed by atoms with E-state index in [1.54, 1.807) is 11.3 Å². The summed E-state index contributed by atoms with van der Waals surface area (Å²) in [6.07, 6.45) is 0. The molecular formula is C11H17N5S. The summed E-state index contributed by atoms with van der Waals surface area (Å²) in [7, 11) is 0. The number of hydrogen-bond donors (Lipinski definition) is 1. The van der Waals surface area contributed by atoms with E-state index >= 15 is 0 Å². The number of thiophene rings is 1. The second kappa shape index (κ2) is 4.93. The maximum atomic E-state index is 4.04. The van der Waals surface area contributed by atoms with Gasteiger partial charge in [0, 0.05) is 5.54 Å². The highest BCUT2D eigenvalue weighted by atomic mass is 32.1. The van der Waals surface area contributed by atoms with Crippen molar-refractivity contribution in [1.29, 1.82) is 0 Å². The van der Waals surface area contributed by atoms with E-state index < -0.39 is 0 Å². The largest absolute Gasteiger partial charge is 0.305 e. The lowest BCUT2D eigenvalue weighted by molar-refractivity contribution is 0.410. The highest BCUT2D eigenvalue weighted by molar-refractivity contribution is 7.07. The van der Waals surface area contributed by atoms with Gasteiger partial charge in [0.05, 0.1) is 13.1 Å². The molecule has 0 aliphatic heterocycles. The van der Waals surface area contributed by atoms with E-state index in [0.29, 0.717) is 6.54 Å². The zero-order valence-corrected chi connectivity index (χ0v) is 11.2. The Morgan fingerprint density at radius 2 is 2.24 bits per heavy atom. The number of aromatic nitrogens is 4. The van der Waals surface area contributed by atoms with Gasteiger partial charge in [0.1, 0.15) is 0 Å². The van der Waals surface area contributed by atoms with Crippen LogP contribution in [-0.4, -0.2) is 25.7 Å². The summed E-state index contributed by atoms with van der Waals surface area (Å²) in [5, 5.41) is 19.3. The highest BCUT2D eigenvalue weighted by Gasteiger charge is 2.12. The second-order valence-electron chi connectivity index (χ2n) is 4.99. The van der Waals surface area contributed by atoms with Crippen molar-refractivity contribution in [2.24, 2.45) is 0 Å². The monoisotopic (exact) mass is 251 g/mol. The number of rotatable bonds is 4. The van der Waals surface area contributed by atoms with Crippen LogP contribution in [0.1, 0.15) is 32.2 Å². The van der Waals surface area contributed by atoms with Crippen LogP contribution in [-0.2, 0) is 13.1 Å². The quantitative estimate of drug-likeness (QED) is 0.898. The molecular weight excluding hydrogens is 234 g/mol. The van der Waals surface area contributed by atoms with Gasteiger partial charge >= 0.3 is 0 Å². The Morgan fingerprint density at radius 1 is 1.41 bits per heavy atom. The fourth-order valence-corrected chi connectivity index (χ4v) is 2.03. The third-order valence-corrected chi connectivity index (χ3v) is 3.03. The van der Waals surface area contributed by atoms with E-state index in [9.17, 15) is 0 Å². The maximum Gasteiger partial charge on any atom is 0.165 e. The van der Waals surface area contributed by atoms with Gasteiger partial charge in [-0.3, -0.25) is 0 Å². The van der Waals surface area contributed by atoms with Gasteiger partial charge in [-0.05, 0) is 53.6 Å². The summed E-state index contributed by atoms with van der Waals surface area (Å²) in [5.41, 5.74) is 1.30. The van der Waals surface area contributed by atoms with Crippen LogP contribution < -0.4 is 5.32 Å². The van der Waals surface area contributed by atoms with Crippen LogP contribution in [0.15, 0.2) is 16.8 Å². The molecule has 5 nitrogen and oxygen atoms in total. The zero-order valence-electron chi connectivity index (χ0n) is 10.3. The molecule has 0 saturated heterocycles. The summed E-state index contributed by atoms with van der Waals surface area (Å²) >= 11 is 1.69. The van der Waals surface area contributed by atoms with Crippen LogP contribution in [0.4, 0.5) is 0 Å². The summed E-state index contributed by atoms with van der Waals surface area (Å²) in [6.45, 7) is 7.79. The third kappa shape index (κ3) is 3.61. The topological polar surface area (TPSA) is 55.6 Å². The number of nitrogens with zero attached hydrogens (tertiary/aromatic N) is 4. The number of hydrogen-bond acceptors (Lipinski definition) is 5. The van der Waals surface area contributed by atoms with E-state index in [1.165, 1.54) is 5.56 Å². The molecule has 0 bridgehead atoms. The van der Waals surface area contributed by atoms with E-state index in [1.807, 2.05) is 4.68 Å². The van der Waals surface area contributed by atoms with Crippen molar-refractivity contribution >= 4 is 11.3 Å². The Morgan fingerprint density at radius 3 is 2.88 bits per heavy atom. The zero-order chi connectivity index (χ0) is 12.3. The molecule has 0 spiro atoms. The fourth-order valence-electron chi connectivity index (χ4n) is 1.37. The van der Waals surface area contributed by atoms with E-state index in [-0.39, 0.29) is 5.54 Å².